The number of nitro groups is 1. The first-order valence-corrected chi connectivity index (χ1v) is 7.60. The number of aromatic carboxylic acids is 1. The molecule has 0 bridgehead atoms. The average molecular weight is 337 g/mol. The molecule has 0 unspecified atom stereocenters. The molecule has 0 spiro atoms. The number of nitro benzene ring substituents is 1. The van der Waals surface area contributed by atoms with Gasteiger partial charge in [0.25, 0.3) is 15.7 Å². The quantitative estimate of drug-likeness (QED) is 0.646. The first-order chi connectivity index (χ1) is 10.7. The number of benzene rings is 1. The number of hydrogen-bond acceptors (Lipinski definition) is 6. The van der Waals surface area contributed by atoms with Gasteiger partial charge in [-0.25, -0.2) is 13.2 Å². The Balaban J connectivity index is 2.54. The number of nitrogens with zero attached hydrogens (tertiary/aromatic N) is 3. The summed E-state index contributed by atoms with van der Waals surface area (Å²) in [6, 6.07) is 6.01. The van der Waals surface area contributed by atoms with E-state index in [2.05, 4.69) is 4.98 Å². The Kier molecular flexibility index (Phi) is 4.27. The molecule has 0 radical (unpaired) electrons. The van der Waals surface area contributed by atoms with Crippen molar-refractivity contribution in [1.82, 2.24) is 4.98 Å². The van der Waals surface area contributed by atoms with Crippen LogP contribution in [0.5, 0.6) is 0 Å². The van der Waals surface area contributed by atoms with E-state index in [-0.39, 0.29) is 11.3 Å². The minimum atomic E-state index is -4.25. The Morgan fingerprint density at radius 2 is 1.96 bits per heavy atom. The minimum Gasteiger partial charge on any atom is -0.478 e. The van der Waals surface area contributed by atoms with E-state index in [1.807, 2.05) is 0 Å². The second-order valence-corrected chi connectivity index (χ2v) is 6.37. The summed E-state index contributed by atoms with van der Waals surface area (Å²) < 4.78 is 25.9. The zero-order valence-corrected chi connectivity index (χ0v) is 12.6. The van der Waals surface area contributed by atoms with Crippen LogP contribution in [0.4, 0.5) is 11.4 Å². The minimum absolute atomic E-state index is 0.0250. The van der Waals surface area contributed by atoms with Gasteiger partial charge >= 0.3 is 5.97 Å². The number of rotatable bonds is 5. The number of hydrogen-bond donors (Lipinski definition) is 1. The maximum atomic E-state index is 12.6. The number of carboxylic acids is 1. The van der Waals surface area contributed by atoms with Crippen molar-refractivity contribution in [3.8, 4) is 0 Å². The van der Waals surface area contributed by atoms with E-state index in [9.17, 15) is 23.3 Å². The summed E-state index contributed by atoms with van der Waals surface area (Å²) in [6.07, 6.45) is 2.22. The van der Waals surface area contributed by atoms with Gasteiger partial charge in [-0.2, -0.15) is 0 Å². The monoisotopic (exact) mass is 337 g/mol. The third kappa shape index (κ3) is 3.11. The van der Waals surface area contributed by atoms with Crippen LogP contribution in [0.3, 0.4) is 0 Å². The molecule has 23 heavy (non-hydrogen) atoms. The fraction of sp³-hybridized carbons (Fsp3) is 0.0769. The van der Waals surface area contributed by atoms with Crippen molar-refractivity contribution in [3.63, 3.8) is 0 Å². The van der Waals surface area contributed by atoms with Gasteiger partial charge in [0.2, 0.25) is 0 Å². The highest BCUT2D eigenvalue weighted by molar-refractivity contribution is 7.93. The van der Waals surface area contributed by atoms with Crippen molar-refractivity contribution in [3.05, 3.63) is 58.4 Å². The summed E-state index contributed by atoms with van der Waals surface area (Å²) in [5.74, 6) is -1.27. The summed E-state index contributed by atoms with van der Waals surface area (Å²) in [4.78, 5) is 24.3. The average Bonchev–Trinajstić information content (AvgIpc) is 2.54. The van der Waals surface area contributed by atoms with Gasteiger partial charge in [-0.1, -0.05) is 12.1 Å². The fourth-order valence-electron chi connectivity index (χ4n) is 1.83. The van der Waals surface area contributed by atoms with Crippen LogP contribution in [0.15, 0.2) is 47.6 Å². The molecule has 0 saturated heterocycles. The van der Waals surface area contributed by atoms with E-state index >= 15 is 0 Å². The smallest absolute Gasteiger partial charge is 0.337 e. The van der Waals surface area contributed by atoms with Crippen molar-refractivity contribution in [2.75, 3.05) is 11.4 Å². The Morgan fingerprint density at radius 1 is 1.30 bits per heavy atom. The lowest BCUT2D eigenvalue weighted by Crippen LogP contribution is -2.27. The standard InChI is InChI=1S/C13H11N3O6S/c1-15(10-6-9(13(17)18)7-14-8-10)23(21,22)12-5-3-2-4-11(12)16(19)20/h2-8H,1H3,(H,17,18). The molecule has 0 saturated carbocycles. The molecule has 0 atom stereocenters. The summed E-state index contributed by atoms with van der Waals surface area (Å²) in [5, 5.41) is 19.9. The molecule has 9 nitrogen and oxygen atoms in total. The van der Waals surface area contributed by atoms with Gasteiger partial charge < -0.3 is 5.11 Å². The van der Waals surface area contributed by atoms with Gasteiger partial charge in [-0.3, -0.25) is 19.4 Å². The highest BCUT2D eigenvalue weighted by Gasteiger charge is 2.29. The molecule has 1 aromatic carbocycles. The van der Waals surface area contributed by atoms with Crippen LogP contribution in [0.2, 0.25) is 0 Å². The van der Waals surface area contributed by atoms with Crippen LogP contribution >= 0.6 is 0 Å². The number of pyridine rings is 1. The lowest BCUT2D eigenvalue weighted by Gasteiger charge is -2.19. The molecule has 0 aliphatic rings. The molecular weight excluding hydrogens is 326 g/mol. The highest BCUT2D eigenvalue weighted by atomic mass is 32.2. The normalized spacial score (nSPS) is 11.0. The largest absolute Gasteiger partial charge is 0.478 e. The van der Waals surface area contributed by atoms with Crippen LogP contribution in [-0.4, -0.2) is 36.4 Å². The number of sulfonamides is 1. The predicted molar refractivity (Wildman–Crippen MR) is 79.9 cm³/mol. The van der Waals surface area contributed by atoms with E-state index in [1.54, 1.807) is 0 Å². The van der Waals surface area contributed by atoms with Crippen molar-refractivity contribution >= 4 is 27.4 Å². The van der Waals surface area contributed by atoms with E-state index < -0.39 is 31.5 Å². The molecule has 1 heterocycles. The van der Waals surface area contributed by atoms with E-state index in [0.29, 0.717) is 0 Å². The number of aromatic nitrogens is 1. The van der Waals surface area contributed by atoms with E-state index in [4.69, 9.17) is 5.11 Å². The van der Waals surface area contributed by atoms with Crippen LogP contribution in [-0.2, 0) is 10.0 Å². The topological polar surface area (TPSA) is 131 Å². The van der Waals surface area contributed by atoms with Crippen molar-refractivity contribution in [1.29, 1.82) is 0 Å². The number of carboxylic acid groups (broad SMARTS) is 1. The van der Waals surface area contributed by atoms with E-state index in [1.165, 1.54) is 12.1 Å². The van der Waals surface area contributed by atoms with E-state index in [0.717, 1.165) is 41.9 Å². The zero-order valence-electron chi connectivity index (χ0n) is 11.8. The Bertz CT molecular complexity index is 881. The molecule has 120 valence electrons. The van der Waals surface area contributed by atoms with Gasteiger partial charge in [0.1, 0.15) is 0 Å². The Hall–Kier alpha value is -3.01. The van der Waals surface area contributed by atoms with Crippen LogP contribution in [0.25, 0.3) is 0 Å². The molecule has 0 amide bonds. The van der Waals surface area contributed by atoms with Crippen LogP contribution < -0.4 is 4.31 Å². The molecule has 2 aromatic rings. The summed E-state index contributed by atoms with van der Waals surface area (Å²) in [7, 11) is -3.09. The van der Waals surface area contributed by atoms with Gasteiger partial charge in [0, 0.05) is 19.3 Å². The third-order valence-corrected chi connectivity index (χ3v) is 4.87. The maximum Gasteiger partial charge on any atom is 0.337 e. The maximum absolute atomic E-state index is 12.6. The van der Waals surface area contributed by atoms with Crippen molar-refractivity contribution in [2.24, 2.45) is 0 Å². The molecule has 1 N–H and O–H groups in total. The van der Waals surface area contributed by atoms with Crippen molar-refractivity contribution in [2.45, 2.75) is 4.90 Å². The molecule has 10 heteroatoms. The molecular formula is C13H11N3O6S. The Labute approximate surface area is 131 Å². The third-order valence-electron chi connectivity index (χ3n) is 3.03. The first-order valence-electron chi connectivity index (χ1n) is 6.16. The van der Waals surface area contributed by atoms with Gasteiger partial charge in [-0.05, 0) is 12.1 Å². The number of anilines is 1. The lowest BCUT2D eigenvalue weighted by molar-refractivity contribution is -0.387. The predicted octanol–water partition coefficient (Wildman–Crippen LogP) is 1.51. The Morgan fingerprint density at radius 3 is 2.57 bits per heavy atom. The fourth-order valence-corrected chi connectivity index (χ4v) is 3.16. The first kappa shape index (κ1) is 16.4. The lowest BCUT2D eigenvalue weighted by atomic mass is 10.3. The zero-order chi connectivity index (χ0) is 17.2. The molecule has 0 aliphatic carbocycles. The highest BCUT2D eigenvalue weighted by Crippen LogP contribution is 2.28. The summed E-state index contributed by atoms with van der Waals surface area (Å²) in [6.45, 7) is 0. The van der Waals surface area contributed by atoms with Gasteiger partial charge in [-0.15, -0.1) is 0 Å². The van der Waals surface area contributed by atoms with Gasteiger partial charge in [0.05, 0.1) is 22.4 Å². The number of carbonyl (C=O) groups is 1. The van der Waals surface area contributed by atoms with Gasteiger partial charge in [0.15, 0.2) is 4.90 Å². The van der Waals surface area contributed by atoms with Crippen LogP contribution in [0.1, 0.15) is 10.4 Å². The number of para-hydroxylation sites is 1. The van der Waals surface area contributed by atoms with Crippen molar-refractivity contribution < 1.29 is 23.2 Å². The molecule has 0 fully saturated rings. The SMILES string of the molecule is CN(c1cncc(C(=O)O)c1)S(=O)(=O)c1ccccc1[N+](=O)[O-]. The molecule has 0 aliphatic heterocycles. The second kappa shape index (κ2) is 6.01. The molecule has 2 rings (SSSR count). The van der Waals surface area contributed by atoms with Crippen LogP contribution in [0, 0.1) is 10.1 Å². The molecule has 1 aromatic heterocycles. The summed E-state index contributed by atoms with van der Waals surface area (Å²) >= 11 is 0. The second-order valence-electron chi connectivity index (χ2n) is 4.43. The summed E-state index contributed by atoms with van der Waals surface area (Å²) in [5.41, 5.74) is -0.795.